The number of urea groups is 1. The number of nitrogens with two attached hydrogens (primary N) is 1. The normalized spacial score (nSPS) is 10.5. The molecule has 38 heavy (non-hydrogen) atoms. The fraction of sp³-hybridized carbons (Fsp3) is 0.250. The zero-order valence-electron chi connectivity index (χ0n) is 21.5. The number of methoxy groups -OCH3 is 1. The van der Waals surface area contributed by atoms with Crippen LogP contribution in [0, 0.1) is 11.3 Å². The van der Waals surface area contributed by atoms with Crippen molar-refractivity contribution in [2.24, 2.45) is 5.73 Å². The molecular weight excluding hydrogens is 506 g/mol. The Kier molecular flexibility index (Phi) is 9.93. The van der Waals surface area contributed by atoms with Crippen molar-refractivity contribution in [2.75, 3.05) is 37.4 Å². The Hall–Kier alpha value is -4.26. The number of amides is 3. The van der Waals surface area contributed by atoms with Crippen LogP contribution in [-0.4, -0.2) is 43.6 Å². The Bertz CT molecular complexity index is 1330. The maximum Gasteiger partial charge on any atom is 0.323 e. The molecule has 0 aliphatic carbocycles. The molecule has 3 rings (SSSR count). The van der Waals surface area contributed by atoms with Gasteiger partial charge in [0.2, 0.25) is 0 Å². The summed E-state index contributed by atoms with van der Waals surface area (Å²) in [5.74, 6) is 0.764. The molecule has 0 atom stereocenters. The number of anilines is 2. The fourth-order valence-electron chi connectivity index (χ4n) is 3.91. The number of rotatable bonds is 11. The van der Waals surface area contributed by atoms with Crippen LogP contribution in [0.5, 0.6) is 17.2 Å². The van der Waals surface area contributed by atoms with Gasteiger partial charge < -0.3 is 30.7 Å². The van der Waals surface area contributed by atoms with Crippen LogP contribution < -0.4 is 25.8 Å². The second-order valence-corrected chi connectivity index (χ2v) is 8.68. The number of benzene rings is 3. The molecule has 0 fully saturated rings. The van der Waals surface area contributed by atoms with Gasteiger partial charge in [-0.15, -0.1) is 0 Å². The molecule has 3 amide bonds. The van der Waals surface area contributed by atoms with E-state index < -0.39 is 11.9 Å². The molecule has 0 heterocycles. The van der Waals surface area contributed by atoms with Crippen LogP contribution in [0.4, 0.5) is 16.2 Å². The first-order valence-electron chi connectivity index (χ1n) is 12.1. The van der Waals surface area contributed by atoms with Crippen molar-refractivity contribution in [1.82, 2.24) is 4.90 Å². The monoisotopic (exact) mass is 535 g/mol. The number of hydrogen-bond donors (Lipinski definition) is 3. The smallest absolute Gasteiger partial charge is 0.323 e. The summed E-state index contributed by atoms with van der Waals surface area (Å²) in [4.78, 5) is 27.0. The standard InChI is InChI=1S/C28H30ClN5O4/c1-4-34(5-2)15-14-22-25(13-12-23(27(31)35)26(22)37-3)33-28(36)32-19-7-10-20(11-8-19)38-21-9-6-18(17-30)24(29)16-21/h6-13,16H,4-5,14-15H2,1-3H3,(H2,31,35)(H2,32,33,36). The number of nitriles is 1. The molecule has 0 radical (unpaired) electrons. The predicted octanol–water partition coefficient (Wildman–Crippen LogP) is 5.64. The first kappa shape index (κ1) is 28.3. The highest BCUT2D eigenvalue weighted by Crippen LogP contribution is 2.32. The number of primary amides is 1. The molecule has 0 bridgehead atoms. The third-order valence-electron chi connectivity index (χ3n) is 5.96. The van der Waals surface area contributed by atoms with E-state index in [1.807, 2.05) is 6.07 Å². The number of carbonyl (C=O) groups is 2. The van der Waals surface area contributed by atoms with Crippen LogP contribution in [0.25, 0.3) is 0 Å². The number of ether oxygens (including phenoxy) is 2. The second kappa shape index (κ2) is 13.3. The van der Waals surface area contributed by atoms with Crippen LogP contribution in [0.2, 0.25) is 5.02 Å². The maximum atomic E-state index is 12.8. The van der Waals surface area contributed by atoms with Crippen molar-refractivity contribution >= 4 is 34.9 Å². The molecule has 9 nitrogen and oxygen atoms in total. The molecule has 198 valence electrons. The fourth-order valence-corrected chi connectivity index (χ4v) is 4.12. The zero-order chi connectivity index (χ0) is 27.7. The lowest BCUT2D eigenvalue weighted by atomic mass is 10.0. The zero-order valence-corrected chi connectivity index (χ0v) is 22.3. The molecule has 10 heteroatoms. The Balaban J connectivity index is 1.73. The lowest BCUT2D eigenvalue weighted by Gasteiger charge is -2.21. The highest BCUT2D eigenvalue weighted by atomic mass is 35.5. The summed E-state index contributed by atoms with van der Waals surface area (Å²) in [5.41, 5.74) is 7.92. The van der Waals surface area contributed by atoms with Gasteiger partial charge in [-0.25, -0.2) is 4.79 Å². The van der Waals surface area contributed by atoms with Crippen molar-refractivity contribution in [3.8, 4) is 23.3 Å². The average molecular weight is 536 g/mol. The van der Waals surface area contributed by atoms with Gasteiger partial charge in [-0.2, -0.15) is 5.26 Å². The molecule has 0 unspecified atom stereocenters. The minimum Gasteiger partial charge on any atom is -0.496 e. The summed E-state index contributed by atoms with van der Waals surface area (Å²) in [6.07, 6.45) is 0.549. The van der Waals surface area contributed by atoms with Gasteiger partial charge in [0.25, 0.3) is 5.91 Å². The molecule has 0 aliphatic rings. The first-order valence-corrected chi connectivity index (χ1v) is 12.4. The lowest BCUT2D eigenvalue weighted by Crippen LogP contribution is -2.27. The molecular formula is C28H30ClN5O4. The first-order chi connectivity index (χ1) is 18.3. The second-order valence-electron chi connectivity index (χ2n) is 8.27. The summed E-state index contributed by atoms with van der Waals surface area (Å²) in [6.45, 7) is 6.60. The van der Waals surface area contributed by atoms with E-state index in [4.69, 9.17) is 32.1 Å². The van der Waals surface area contributed by atoms with Gasteiger partial charge in [0.1, 0.15) is 23.3 Å². The summed E-state index contributed by atoms with van der Waals surface area (Å²) >= 11 is 6.06. The maximum absolute atomic E-state index is 12.8. The third-order valence-corrected chi connectivity index (χ3v) is 6.27. The highest BCUT2D eigenvalue weighted by Gasteiger charge is 2.19. The van der Waals surface area contributed by atoms with E-state index in [0.29, 0.717) is 57.7 Å². The molecule has 0 spiro atoms. The van der Waals surface area contributed by atoms with E-state index in [2.05, 4.69) is 29.4 Å². The molecule has 0 saturated heterocycles. The van der Waals surface area contributed by atoms with Crippen molar-refractivity contribution < 1.29 is 19.1 Å². The molecule has 0 aromatic heterocycles. The molecule has 3 aromatic carbocycles. The predicted molar refractivity (Wildman–Crippen MR) is 148 cm³/mol. The van der Waals surface area contributed by atoms with Crippen LogP contribution in [0.15, 0.2) is 54.6 Å². The number of halogens is 1. The molecule has 0 aliphatic heterocycles. The quantitative estimate of drug-likeness (QED) is 0.291. The number of nitrogens with zero attached hydrogens (tertiary/aromatic N) is 2. The summed E-state index contributed by atoms with van der Waals surface area (Å²) in [6, 6.07) is 16.3. The topological polar surface area (TPSA) is 130 Å². The van der Waals surface area contributed by atoms with Crippen LogP contribution in [0.1, 0.15) is 35.3 Å². The van der Waals surface area contributed by atoms with Crippen molar-refractivity contribution in [2.45, 2.75) is 20.3 Å². The average Bonchev–Trinajstić information content (AvgIpc) is 2.90. The van der Waals surface area contributed by atoms with E-state index in [1.165, 1.54) is 7.11 Å². The SMILES string of the molecule is CCN(CC)CCc1c(NC(=O)Nc2ccc(Oc3ccc(C#N)c(Cl)c3)cc2)ccc(C(N)=O)c1OC. The van der Waals surface area contributed by atoms with Crippen LogP contribution >= 0.6 is 11.6 Å². The molecule has 3 aromatic rings. The van der Waals surface area contributed by atoms with Crippen LogP contribution in [0.3, 0.4) is 0 Å². The van der Waals surface area contributed by atoms with Gasteiger partial charge in [-0.05, 0) is 68.0 Å². The molecule has 0 saturated carbocycles. The highest BCUT2D eigenvalue weighted by molar-refractivity contribution is 6.31. The van der Waals surface area contributed by atoms with E-state index in [-0.39, 0.29) is 5.56 Å². The Morgan fingerprint density at radius 3 is 2.29 bits per heavy atom. The summed E-state index contributed by atoms with van der Waals surface area (Å²) in [5, 5.41) is 14.9. The van der Waals surface area contributed by atoms with Crippen molar-refractivity contribution in [3.05, 3.63) is 76.3 Å². The van der Waals surface area contributed by atoms with E-state index in [1.54, 1.807) is 54.6 Å². The molecule has 4 N–H and O–H groups in total. The van der Waals surface area contributed by atoms with Gasteiger partial charge in [-0.1, -0.05) is 25.4 Å². The van der Waals surface area contributed by atoms with Crippen molar-refractivity contribution in [1.29, 1.82) is 5.26 Å². The van der Waals surface area contributed by atoms with Gasteiger partial charge in [0.15, 0.2) is 0 Å². The number of hydrogen-bond acceptors (Lipinski definition) is 6. The largest absolute Gasteiger partial charge is 0.496 e. The van der Waals surface area contributed by atoms with Crippen molar-refractivity contribution in [3.63, 3.8) is 0 Å². The van der Waals surface area contributed by atoms with Gasteiger partial charge in [0.05, 0.1) is 23.3 Å². The number of nitrogens with one attached hydrogen (secondary N) is 2. The summed E-state index contributed by atoms with van der Waals surface area (Å²) in [7, 11) is 1.47. The van der Waals surface area contributed by atoms with E-state index >= 15 is 0 Å². The van der Waals surface area contributed by atoms with Gasteiger partial charge in [-0.3, -0.25) is 4.79 Å². The van der Waals surface area contributed by atoms with E-state index in [0.717, 1.165) is 13.1 Å². The van der Waals surface area contributed by atoms with E-state index in [9.17, 15) is 9.59 Å². The van der Waals surface area contributed by atoms with Crippen LogP contribution in [-0.2, 0) is 6.42 Å². The van der Waals surface area contributed by atoms with Gasteiger partial charge in [0, 0.05) is 29.5 Å². The third kappa shape index (κ3) is 7.16. The number of likely N-dealkylation sites (N-methyl/N-ethyl adjacent to an activating group) is 1. The Labute approximate surface area is 227 Å². The minimum atomic E-state index is -0.604. The minimum absolute atomic E-state index is 0.257. The Morgan fingerprint density at radius 1 is 1.03 bits per heavy atom. The summed E-state index contributed by atoms with van der Waals surface area (Å²) < 4.78 is 11.3. The Morgan fingerprint density at radius 2 is 1.71 bits per heavy atom. The number of carbonyl (C=O) groups excluding carboxylic acids is 2. The lowest BCUT2D eigenvalue weighted by molar-refractivity contribution is 0.0997. The van der Waals surface area contributed by atoms with Gasteiger partial charge >= 0.3 is 6.03 Å².